The van der Waals surface area contributed by atoms with Gasteiger partial charge in [-0.1, -0.05) is 0 Å². The molecule has 0 bridgehead atoms. The molecular weight excluding hydrogens is 176 g/mol. The van der Waals surface area contributed by atoms with Crippen molar-refractivity contribution >= 4 is 0 Å². The highest BCUT2D eigenvalue weighted by atomic mass is 16.3. The second-order valence-corrected chi connectivity index (χ2v) is 3.87. The number of aromatic nitrogens is 1. The summed E-state index contributed by atoms with van der Waals surface area (Å²) in [4.78, 5) is 4.08. The van der Waals surface area contributed by atoms with Crippen LogP contribution in [0.4, 0.5) is 0 Å². The Morgan fingerprint density at radius 1 is 1.64 bits per heavy atom. The molecule has 1 fully saturated rings. The van der Waals surface area contributed by atoms with Gasteiger partial charge in [-0.15, -0.1) is 0 Å². The number of hydrogen-bond acceptors (Lipinski definition) is 3. The molecule has 1 aromatic rings. The van der Waals surface area contributed by atoms with E-state index in [1.807, 2.05) is 12.4 Å². The maximum atomic E-state index is 9.21. The highest BCUT2D eigenvalue weighted by molar-refractivity contribution is 5.28. The molecule has 2 heterocycles. The molecule has 3 heteroatoms. The lowest BCUT2D eigenvalue weighted by atomic mass is 9.90. The van der Waals surface area contributed by atoms with Crippen LogP contribution >= 0.6 is 0 Å². The zero-order chi connectivity index (χ0) is 9.97. The van der Waals surface area contributed by atoms with Gasteiger partial charge < -0.3 is 10.4 Å². The normalized spacial score (nSPS) is 26.7. The second-order valence-electron chi connectivity index (χ2n) is 3.87. The molecule has 0 aromatic carbocycles. The van der Waals surface area contributed by atoms with E-state index in [2.05, 4.69) is 23.3 Å². The number of rotatable bonds is 2. The van der Waals surface area contributed by atoms with E-state index < -0.39 is 0 Å². The van der Waals surface area contributed by atoms with Crippen LogP contribution in [-0.2, 0) is 0 Å². The zero-order valence-corrected chi connectivity index (χ0v) is 8.40. The standard InChI is InChI=1S/C11H16N2O/c1-8-6-12-4-2-9(8)10-3-5-13-11(10)7-14/h2,4,6,10-11,13-14H,3,5,7H2,1H3. The molecule has 2 unspecified atom stereocenters. The fourth-order valence-corrected chi connectivity index (χ4v) is 2.23. The van der Waals surface area contributed by atoms with E-state index in [-0.39, 0.29) is 12.6 Å². The van der Waals surface area contributed by atoms with Crippen molar-refractivity contribution in [3.8, 4) is 0 Å². The smallest absolute Gasteiger partial charge is 0.0590 e. The van der Waals surface area contributed by atoms with Gasteiger partial charge in [0, 0.05) is 24.4 Å². The Morgan fingerprint density at radius 2 is 2.50 bits per heavy atom. The van der Waals surface area contributed by atoms with Crippen LogP contribution in [-0.4, -0.2) is 29.3 Å². The van der Waals surface area contributed by atoms with Crippen LogP contribution in [0, 0.1) is 6.92 Å². The number of aliphatic hydroxyl groups excluding tert-OH is 1. The number of aryl methyl sites for hydroxylation is 1. The van der Waals surface area contributed by atoms with E-state index in [4.69, 9.17) is 0 Å². The van der Waals surface area contributed by atoms with Crippen molar-refractivity contribution in [2.24, 2.45) is 0 Å². The summed E-state index contributed by atoms with van der Waals surface area (Å²) in [7, 11) is 0. The first-order chi connectivity index (χ1) is 6.83. The number of nitrogens with zero attached hydrogens (tertiary/aromatic N) is 1. The molecule has 76 valence electrons. The summed E-state index contributed by atoms with van der Waals surface area (Å²) in [5.74, 6) is 0.447. The quantitative estimate of drug-likeness (QED) is 0.729. The van der Waals surface area contributed by atoms with Crippen LogP contribution < -0.4 is 5.32 Å². The molecule has 0 saturated carbocycles. The van der Waals surface area contributed by atoms with E-state index in [1.165, 1.54) is 11.1 Å². The van der Waals surface area contributed by atoms with E-state index >= 15 is 0 Å². The van der Waals surface area contributed by atoms with E-state index in [9.17, 15) is 5.11 Å². The summed E-state index contributed by atoms with van der Waals surface area (Å²) < 4.78 is 0. The third kappa shape index (κ3) is 1.65. The van der Waals surface area contributed by atoms with Crippen LogP contribution in [0.15, 0.2) is 18.5 Å². The number of hydrogen-bond donors (Lipinski definition) is 2. The molecule has 1 aliphatic heterocycles. The molecule has 0 radical (unpaired) electrons. The van der Waals surface area contributed by atoms with Crippen molar-refractivity contribution in [1.29, 1.82) is 0 Å². The third-order valence-corrected chi connectivity index (χ3v) is 3.01. The van der Waals surface area contributed by atoms with Crippen molar-refractivity contribution < 1.29 is 5.11 Å². The van der Waals surface area contributed by atoms with E-state index in [1.54, 1.807) is 0 Å². The Labute approximate surface area is 84.2 Å². The van der Waals surface area contributed by atoms with Crippen LogP contribution in [0.5, 0.6) is 0 Å². The first kappa shape index (κ1) is 9.62. The molecule has 14 heavy (non-hydrogen) atoms. The van der Waals surface area contributed by atoms with Gasteiger partial charge in [-0.3, -0.25) is 4.98 Å². The first-order valence-electron chi connectivity index (χ1n) is 5.07. The molecule has 3 nitrogen and oxygen atoms in total. The highest BCUT2D eigenvalue weighted by Crippen LogP contribution is 2.29. The van der Waals surface area contributed by atoms with Gasteiger partial charge in [0.1, 0.15) is 0 Å². The van der Waals surface area contributed by atoms with Crippen molar-refractivity contribution in [3.05, 3.63) is 29.6 Å². The van der Waals surface area contributed by atoms with Crippen LogP contribution in [0.3, 0.4) is 0 Å². The minimum absolute atomic E-state index is 0.215. The lowest BCUT2D eigenvalue weighted by Crippen LogP contribution is -2.29. The molecule has 0 aliphatic carbocycles. The maximum Gasteiger partial charge on any atom is 0.0590 e. The molecule has 2 N–H and O–H groups in total. The molecule has 2 atom stereocenters. The lowest BCUT2D eigenvalue weighted by Gasteiger charge is -2.19. The Balaban J connectivity index is 2.26. The van der Waals surface area contributed by atoms with Gasteiger partial charge in [-0.2, -0.15) is 0 Å². The maximum absolute atomic E-state index is 9.21. The van der Waals surface area contributed by atoms with Crippen molar-refractivity contribution in [1.82, 2.24) is 10.3 Å². The molecule has 0 spiro atoms. The van der Waals surface area contributed by atoms with Gasteiger partial charge in [0.15, 0.2) is 0 Å². The van der Waals surface area contributed by atoms with Crippen LogP contribution in [0.1, 0.15) is 23.5 Å². The first-order valence-corrected chi connectivity index (χ1v) is 5.07. The fourth-order valence-electron chi connectivity index (χ4n) is 2.23. The van der Waals surface area contributed by atoms with Gasteiger partial charge in [0.05, 0.1) is 6.61 Å². The predicted octanol–water partition coefficient (Wildman–Crippen LogP) is 0.828. The largest absolute Gasteiger partial charge is 0.395 e. The summed E-state index contributed by atoms with van der Waals surface area (Å²) in [6.07, 6.45) is 4.83. The van der Waals surface area contributed by atoms with Gasteiger partial charge in [-0.25, -0.2) is 0 Å². The Bertz CT molecular complexity index is 314. The lowest BCUT2D eigenvalue weighted by molar-refractivity contribution is 0.245. The minimum atomic E-state index is 0.215. The van der Waals surface area contributed by atoms with Crippen molar-refractivity contribution in [2.75, 3.05) is 13.2 Å². The summed E-state index contributed by atoms with van der Waals surface area (Å²) in [6.45, 7) is 3.29. The fraction of sp³-hybridized carbons (Fsp3) is 0.545. The van der Waals surface area contributed by atoms with Gasteiger partial charge in [0.25, 0.3) is 0 Å². The van der Waals surface area contributed by atoms with E-state index in [0.717, 1.165) is 13.0 Å². The predicted molar refractivity (Wildman–Crippen MR) is 55.2 cm³/mol. The topological polar surface area (TPSA) is 45.2 Å². The molecule has 0 amide bonds. The average Bonchev–Trinajstić information content (AvgIpc) is 2.66. The van der Waals surface area contributed by atoms with Gasteiger partial charge >= 0.3 is 0 Å². The van der Waals surface area contributed by atoms with Gasteiger partial charge in [0.2, 0.25) is 0 Å². The minimum Gasteiger partial charge on any atom is -0.395 e. The summed E-state index contributed by atoms with van der Waals surface area (Å²) >= 11 is 0. The second kappa shape index (κ2) is 4.07. The third-order valence-electron chi connectivity index (χ3n) is 3.01. The zero-order valence-electron chi connectivity index (χ0n) is 8.40. The molecular formula is C11H16N2O. The number of pyridine rings is 1. The SMILES string of the molecule is Cc1cnccc1C1CCNC1CO. The summed E-state index contributed by atoms with van der Waals surface area (Å²) in [5.41, 5.74) is 2.55. The number of nitrogens with one attached hydrogen (secondary N) is 1. The Kier molecular flexibility index (Phi) is 2.79. The Hall–Kier alpha value is -0.930. The molecule has 1 saturated heterocycles. The molecule has 1 aromatic heterocycles. The Morgan fingerprint density at radius 3 is 3.21 bits per heavy atom. The summed E-state index contributed by atoms with van der Waals surface area (Å²) in [6, 6.07) is 2.28. The van der Waals surface area contributed by atoms with Crippen LogP contribution in [0.2, 0.25) is 0 Å². The monoisotopic (exact) mass is 192 g/mol. The average molecular weight is 192 g/mol. The van der Waals surface area contributed by atoms with Crippen LogP contribution in [0.25, 0.3) is 0 Å². The molecule has 2 rings (SSSR count). The van der Waals surface area contributed by atoms with Crippen molar-refractivity contribution in [2.45, 2.75) is 25.3 Å². The van der Waals surface area contributed by atoms with Gasteiger partial charge in [-0.05, 0) is 37.1 Å². The number of aliphatic hydroxyl groups is 1. The summed E-state index contributed by atoms with van der Waals surface area (Å²) in [5, 5.41) is 12.5. The molecule has 1 aliphatic rings. The highest BCUT2D eigenvalue weighted by Gasteiger charge is 2.28. The van der Waals surface area contributed by atoms with E-state index in [0.29, 0.717) is 5.92 Å². The van der Waals surface area contributed by atoms with Crippen molar-refractivity contribution in [3.63, 3.8) is 0 Å².